The first-order valence-corrected chi connectivity index (χ1v) is 8.58. The van der Waals surface area contributed by atoms with E-state index in [0.717, 1.165) is 24.4 Å². The van der Waals surface area contributed by atoms with Gasteiger partial charge in [-0.25, -0.2) is 0 Å². The van der Waals surface area contributed by atoms with E-state index >= 15 is 0 Å². The van der Waals surface area contributed by atoms with Crippen LogP contribution < -0.4 is 0 Å². The predicted molar refractivity (Wildman–Crippen MR) is 85.6 cm³/mol. The number of Topliss-reactive ketones (excluding diaryl/α,β-unsaturated/α-hetero) is 1. The Morgan fingerprint density at radius 1 is 1.45 bits per heavy atom. The van der Waals surface area contributed by atoms with Crippen molar-refractivity contribution < 1.29 is 4.79 Å². The average Bonchev–Trinajstić information content (AvgIpc) is 2.91. The van der Waals surface area contributed by atoms with E-state index in [1.165, 1.54) is 25.9 Å². The van der Waals surface area contributed by atoms with Gasteiger partial charge in [0.1, 0.15) is 0 Å². The van der Waals surface area contributed by atoms with Crippen molar-refractivity contribution in [3.8, 4) is 0 Å². The third kappa shape index (κ3) is 4.40. The highest BCUT2D eigenvalue weighted by Crippen LogP contribution is 2.15. The van der Waals surface area contributed by atoms with Crippen molar-refractivity contribution in [1.29, 1.82) is 0 Å². The number of nitrogens with zero attached hydrogens (tertiary/aromatic N) is 2. The molecule has 4 heteroatoms. The summed E-state index contributed by atoms with van der Waals surface area (Å²) in [6, 6.07) is 4.54. The zero-order chi connectivity index (χ0) is 14.4. The first kappa shape index (κ1) is 15.7. The van der Waals surface area contributed by atoms with Crippen LogP contribution in [-0.4, -0.2) is 54.9 Å². The molecule has 1 fully saturated rings. The molecule has 0 bridgehead atoms. The summed E-state index contributed by atoms with van der Waals surface area (Å²) in [4.78, 5) is 17.9. The fourth-order valence-electron chi connectivity index (χ4n) is 2.98. The molecule has 1 aliphatic heterocycles. The van der Waals surface area contributed by atoms with Crippen LogP contribution in [0.1, 0.15) is 42.3 Å². The van der Waals surface area contributed by atoms with Crippen LogP contribution in [0.15, 0.2) is 17.5 Å². The zero-order valence-electron chi connectivity index (χ0n) is 12.7. The first-order valence-electron chi connectivity index (χ1n) is 7.70. The number of likely N-dealkylation sites (N-methyl/N-ethyl adjacent to an activating group) is 1. The van der Waals surface area contributed by atoms with E-state index in [9.17, 15) is 4.79 Å². The Hall–Kier alpha value is -0.710. The van der Waals surface area contributed by atoms with Gasteiger partial charge in [-0.1, -0.05) is 13.0 Å². The summed E-state index contributed by atoms with van der Waals surface area (Å²) in [6.45, 7) is 6.86. The van der Waals surface area contributed by atoms with E-state index < -0.39 is 0 Å². The van der Waals surface area contributed by atoms with Crippen LogP contribution in [0.4, 0.5) is 0 Å². The van der Waals surface area contributed by atoms with Gasteiger partial charge in [0, 0.05) is 19.0 Å². The van der Waals surface area contributed by atoms with Crippen LogP contribution in [0.25, 0.3) is 0 Å². The van der Waals surface area contributed by atoms with Crippen molar-refractivity contribution >= 4 is 17.1 Å². The van der Waals surface area contributed by atoms with E-state index in [1.807, 2.05) is 17.5 Å². The van der Waals surface area contributed by atoms with Crippen LogP contribution in [0, 0.1) is 0 Å². The summed E-state index contributed by atoms with van der Waals surface area (Å²) >= 11 is 1.56. The number of rotatable bonds is 6. The summed E-state index contributed by atoms with van der Waals surface area (Å²) in [5.41, 5.74) is 0. The molecule has 2 rings (SSSR count). The van der Waals surface area contributed by atoms with Crippen molar-refractivity contribution in [3.05, 3.63) is 22.4 Å². The predicted octanol–water partition coefficient (Wildman–Crippen LogP) is 3.13. The van der Waals surface area contributed by atoms with Crippen molar-refractivity contribution in [2.45, 2.75) is 38.6 Å². The Kier molecular flexibility index (Phi) is 6.20. The lowest BCUT2D eigenvalue weighted by Crippen LogP contribution is -2.40. The number of ketones is 1. The van der Waals surface area contributed by atoms with E-state index in [0.29, 0.717) is 18.2 Å². The number of thiophene rings is 1. The fraction of sp³-hybridized carbons (Fsp3) is 0.688. The van der Waals surface area contributed by atoms with Crippen molar-refractivity contribution in [2.24, 2.45) is 0 Å². The van der Waals surface area contributed by atoms with Crippen LogP contribution in [0.2, 0.25) is 0 Å². The lowest BCUT2D eigenvalue weighted by atomic mass is 10.1. The van der Waals surface area contributed by atoms with Crippen LogP contribution in [-0.2, 0) is 0 Å². The third-order valence-corrected chi connectivity index (χ3v) is 5.05. The topological polar surface area (TPSA) is 23.6 Å². The summed E-state index contributed by atoms with van der Waals surface area (Å²) in [5, 5.41) is 1.98. The van der Waals surface area contributed by atoms with E-state index in [1.54, 1.807) is 11.3 Å². The Balaban J connectivity index is 1.78. The first-order chi connectivity index (χ1) is 9.70. The lowest BCUT2D eigenvalue weighted by Gasteiger charge is -2.30. The zero-order valence-corrected chi connectivity index (χ0v) is 13.5. The molecule has 0 amide bonds. The molecule has 2 heterocycles. The van der Waals surface area contributed by atoms with Crippen LogP contribution in [0.3, 0.4) is 0 Å². The van der Waals surface area contributed by atoms with E-state index in [-0.39, 0.29) is 0 Å². The van der Waals surface area contributed by atoms with Gasteiger partial charge in [0.05, 0.1) is 4.88 Å². The molecule has 112 valence electrons. The summed E-state index contributed by atoms with van der Waals surface area (Å²) in [6.07, 6.45) is 4.11. The Bertz CT molecular complexity index is 405. The third-order valence-electron chi connectivity index (χ3n) is 4.14. The molecule has 0 saturated carbocycles. The van der Waals surface area contributed by atoms with Gasteiger partial charge < -0.3 is 4.90 Å². The monoisotopic (exact) mass is 294 g/mol. The number of hydrogen-bond acceptors (Lipinski definition) is 4. The second-order valence-corrected chi connectivity index (χ2v) is 6.67. The molecule has 3 nitrogen and oxygen atoms in total. The number of carbonyl (C=O) groups excluding carboxylic acids is 1. The highest BCUT2D eigenvalue weighted by molar-refractivity contribution is 7.12. The number of hydrogen-bond donors (Lipinski definition) is 0. The Labute approximate surface area is 126 Å². The molecule has 20 heavy (non-hydrogen) atoms. The summed E-state index contributed by atoms with van der Waals surface area (Å²) < 4.78 is 0. The summed E-state index contributed by atoms with van der Waals surface area (Å²) in [7, 11) is 2.21. The van der Waals surface area contributed by atoms with Crippen molar-refractivity contribution in [3.63, 3.8) is 0 Å². The molecule has 1 saturated heterocycles. The van der Waals surface area contributed by atoms with Crippen LogP contribution >= 0.6 is 11.3 Å². The van der Waals surface area contributed by atoms with Gasteiger partial charge >= 0.3 is 0 Å². The SMILES string of the molecule is CCC1CN(C)CCCN1CCCC(=O)c1cccs1. The van der Waals surface area contributed by atoms with Gasteiger partial charge in [-0.2, -0.15) is 0 Å². The fourth-order valence-corrected chi connectivity index (χ4v) is 3.67. The summed E-state index contributed by atoms with van der Waals surface area (Å²) in [5.74, 6) is 0.306. The molecule has 0 aliphatic carbocycles. The molecular formula is C16H26N2OS. The largest absolute Gasteiger partial charge is 0.305 e. The molecule has 0 spiro atoms. The highest BCUT2D eigenvalue weighted by Gasteiger charge is 2.21. The molecule has 0 radical (unpaired) electrons. The minimum atomic E-state index is 0.306. The van der Waals surface area contributed by atoms with Gasteiger partial charge in [0.15, 0.2) is 5.78 Å². The van der Waals surface area contributed by atoms with Gasteiger partial charge in [-0.05, 0) is 57.4 Å². The van der Waals surface area contributed by atoms with E-state index in [2.05, 4.69) is 23.8 Å². The van der Waals surface area contributed by atoms with Gasteiger partial charge in [0.2, 0.25) is 0 Å². The smallest absolute Gasteiger partial charge is 0.172 e. The molecule has 1 unspecified atom stereocenters. The van der Waals surface area contributed by atoms with Gasteiger partial charge in [0.25, 0.3) is 0 Å². The quantitative estimate of drug-likeness (QED) is 0.753. The highest BCUT2D eigenvalue weighted by atomic mass is 32.1. The van der Waals surface area contributed by atoms with Gasteiger partial charge in [-0.3, -0.25) is 9.69 Å². The second kappa shape index (κ2) is 7.91. The minimum Gasteiger partial charge on any atom is -0.305 e. The normalized spacial score (nSPS) is 21.8. The standard InChI is InChI=1S/C16H26N2OS/c1-3-14-13-17(2)9-6-11-18(14)10-4-7-15(19)16-8-5-12-20-16/h5,8,12,14H,3-4,6-7,9-11,13H2,1-2H3. The van der Waals surface area contributed by atoms with E-state index in [4.69, 9.17) is 0 Å². The average molecular weight is 294 g/mol. The maximum Gasteiger partial charge on any atom is 0.172 e. The Morgan fingerprint density at radius 2 is 2.30 bits per heavy atom. The lowest BCUT2D eigenvalue weighted by molar-refractivity contribution is 0.0973. The molecule has 1 aromatic rings. The molecule has 1 atom stereocenters. The molecular weight excluding hydrogens is 268 g/mol. The molecule has 1 aromatic heterocycles. The van der Waals surface area contributed by atoms with Gasteiger partial charge in [-0.15, -0.1) is 11.3 Å². The molecule has 0 N–H and O–H groups in total. The maximum atomic E-state index is 12.0. The van der Waals surface area contributed by atoms with Crippen molar-refractivity contribution in [2.75, 3.05) is 33.2 Å². The van der Waals surface area contributed by atoms with Crippen molar-refractivity contribution in [1.82, 2.24) is 9.80 Å². The minimum absolute atomic E-state index is 0.306. The second-order valence-electron chi connectivity index (χ2n) is 5.72. The Morgan fingerprint density at radius 3 is 3.00 bits per heavy atom. The molecule has 1 aliphatic rings. The number of carbonyl (C=O) groups is 1. The maximum absolute atomic E-state index is 12.0. The molecule has 0 aromatic carbocycles. The van der Waals surface area contributed by atoms with Crippen LogP contribution in [0.5, 0.6) is 0 Å².